The van der Waals surface area contributed by atoms with Gasteiger partial charge in [0.15, 0.2) is 0 Å². The van der Waals surface area contributed by atoms with Gasteiger partial charge in [-0.15, -0.1) is 0 Å². The molecular formula is C31H42N4. The SMILES string of the molecule is Cc1nc2ccccc2n1[C@H]1C[C@H]2CC[C@@H](C1)N2CCC1(c2ccc(C(C)C)cc2)CCNCC1. The molecule has 2 bridgehead atoms. The molecule has 3 atom stereocenters. The summed E-state index contributed by atoms with van der Waals surface area (Å²) in [6.07, 6.45) is 9.10. The summed E-state index contributed by atoms with van der Waals surface area (Å²) in [4.78, 5) is 7.79. The molecule has 35 heavy (non-hydrogen) atoms. The predicted octanol–water partition coefficient (Wildman–Crippen LogP) is 6.35. The Hall–Kier alpha value is -2.17. The van der Waals surface area contributed by atoms with Crippen LogP contribution in [0.1, 0.15) is 87.7 Å². The van der Waals surface area contributed by atoms with E-state index in [1.807, 2.05) is 0 Å². The van der Waals surface area contributed by atoms with Gasteiger partial charge in [-0.3, -0.25) is 4.90 Å². The molecule has 4 heteroatoms. The number of hydrogen-bond acceptors (Lipinski definition) is 3. The van der Waals surface area contributed by atoms with Crippen molar-refractivity contribution in [1.29, 1.82) is 0 Å². The number of benzene rings is 2. The van der Waals surface area contributed by atoms with Crippen molar-refractivity contribution in [3.8, 4) is 0 Å². The van der Waals surface area contributed by atoms with Crippen LogP contribution in [-0.2, 0) is 5.41 Å². The third kappa shape index (κ3) is 4.23. The van der Waals surface area contributed by atoms with Crippen molar-refractivity contribution >= 4 is 11.0 Å². The van der Waals surface area contributed by atoms with Crippen molar-refractivity contribution in [2.45, 2.75) is 95.2 Å². The fraction of sp³-hybridized carbons (Fsp3) is 0.581. The van der Waals surface area contributed by atoms with Gasteiger partial charge in [-0.2, -0.15) is 0 Å². The van der Waals surface area contributed by atoms with Crippen molar-refractivity contribution in [1.82, 2.24) is 19.8 Å². The van der Waals surface area contributed by atoms with Crippen LogP contribution in [0.3, 0.4) is 0 Å². The minimum Gasteiger partial charge on any atom is -0.325 e. The summed E-state index contributed by atoms with van der Waals surface area (Å²) in [5, 5.41) is 3.63. The maximum Gasteiger partial charge on any atom is 0.106 e. The first-order chi connectivity index (χ1) is 17.0. The lowest BCUT2D eigenvalue weighted by Crippen LogP contribution is -2.47. The molecule has 1 N–H and O–H groups in total. The van der Waals surface area contributed by atoms with Gasteiger partial charge in [0.2, 0.25) is 0 Å². The van der Waals surface area contributed by atoms with E-state index in [9.17, 15) is 0 Å². The van der Waals surface area contributed by atoms with Crippen molar-refractivity contribution in [2.75, 3.05) is 19.6 Å². The van der Waals surface area contributed by atoms with Crippen LogP contribution in [0.25, 0.3) is 11.0 Å². The van der Waals surface area contributed by atoms with Crippen LogP contribution in [0.15, 0.2) is 48.5 Å². The number of aryl methyl sites for hydroxylation is 1. The Bertz CT molecular complexity index is 1140. The van der Waals surface area contributed by atoms with Crippen LogP contribution in [0, 0.1) is 6.92 Å². The molecule has 3 aromatic rings. The van der Waals surface area contributed by atoms with Crippen molar-refractivity contribution in [3.63, 3.8) is 0 Å². The van der Waals surface area contributed by atoms with Crippen LogP contribution in [0.4, 0.5) is 0 Å². The Kier molecular flexibility index (Phi) is 6.22. The van der Waals surface area contributed by atoms with Gasteiger partial charge in [0, 0.05) is 18.1 Å². The van der Waals surface area contributed by atoms with E-state index in [0.29, 0.717) is 17.4 Å². The first-order valence-electron chi connectivity index (χ1n) is 14.0. The van der Waals surface area contributed by atoms with Gasteiger partial charge in [-0.1, -0.05) is 50.2 Å². The lowest BCUT2D eigenvalue weighted by molar-refractivity contribution is 0.0929. The fourth-order valence-corrected chi connectivity index (χ4v) is 7.60. The molecule has 6 rings (SSSR count). The number of rotatable bonds is 6. The quantitative estimate of drug-likeness (QED) is 0.456. The van der Waals surface area contributed by atoms with E-state index in [-0.39, 0.29) is 0 Å². The molecule has 4 nitrogen and oxygen atoms in total. The second kappa shape index (κ2) is 9.37. The molecule has 0 radical (unpaired) electrons. The number of hydrogen-bond donors (Lipinski definition) is 1. The lowest BCUT2D eigenvalue weighted by Gasteiger charge is -2.44. The second-order valence-electron chi connectivity index (χ2n) is 11.8. The van der Waals surface area contributed by atoms with E-state index in [4.69, 9.17) is 4.98 Å². The summed E-state index contributed by atoms with van der Waals surface area (Å²) in [6.45, 7) is 10.3. The number of nitrogens with zero attached hydrogens (tertiary/aromatic N) is 3. The Labute approximate surface area is 211 Å². The third-order valence-corrected chi connectivity index (χ3v) is 9.60. The Morgan fingerprint density at radius 1 is 0.943 bits per heavy atom. The fourth-order valence-electron chi connectivity index (χ4n) is 7.60. The number of piperidine rings is 2. The van der Waals surface area contributed by atoms with Gasteiger partial charge >= 0.3 is 0 Å². The highest BCUT2D eigenvalue weighted by atomic mass is 15.2. The van der Waals surface area contributed by atoms with E-state index >= 15 is 0 Å². The molecule has 3 aliphatic rings. The molecule has 2 aromatic carbocycles. The average Bonchev–Trinajstić information content (AvgIpc) is 3.34. The summed E-state index contributed by atoms with van der Waals surface area (Å²) in [5.41, 5.74) is 5.83. The Morgan fingerprint density at radius 2 is 1.63 bits per heavy atom. The highest BCUT2D eigenvalue weighted by Gasteiger charge is 2.43. The van der Waals surface area contributed by atoms with Gasteiger partial charge in [0.1, 0.15) is 5.82 Å². The summed E-state index contributed by atoms with van der Waals surface area (Å²) in [5.74, 6) is 1.78. The lowest BCUT2D eigenvalue weighted by atomic mass is 9.70. The van der Waals surface area contributed by atoms with Crippen LogP contribution in [0.5, 0.6) is 0 Å². The molecular weight excluding hydrogens is 428 g/mol. The summed E-state index contributed by atoms with van der Waals surface area (Å²) in [6, 6.07) is 20.4. The van der Waals surface area contributed by atoms with Crippen molar-refractivity contribution in [3.05, 3.63) is 65.5 Å². The molecule has 3 fully saturated rings. The number of aromatic nitrogens is 2. The van der Waals surface area contributed by atoms with E-state index < -0.39 is 0 Å². The molecule has 0 aliphatic carbocycles. The van der Waals surface area contributed by atoms with Gasteiger partial charge in [0.25, 0.3) is 0 Å². The zero-order chi connectivity index (χ0) is 24.0. The van der Waals surface area contributed by atoms with E-state index in [2.05, 4.69) is 84.1 Å². The van der Waals surface area contributed by atoms with Crippen LogP contribution < -0.4 is 5.32 Å². The molecule has 3 aliphatic heterocycles. The third-order valence-electron chi connectivity index (χ3n) is 9.60. The van der Waals surface area contributed by atoms with Gasteiger partial charge in [0.05, 0.1) is 11.0 Å². The molecule has 186 valence electrons. The first kappa shape index (κ1) is 23.2. The monoisotopic (exact) mass is 470 g/mol. The van der Waals surface area contributed by atoms with E-state index in [1.54, 1.807) is 5.56 Å². The van der Waals surface area contributed by atoms with E-state index in [0.717, 1.165) is 30.7 Å². The largest absolute Gasteiger partial charge is 0.325 e. The summed E-state index contributed by atoms with van der Waals surface area (Å²) in [7, 11) is 0. The zero-order valence-corrected chi connectivity index (χ0v) is 21.8. The van der Waals surface area contributed by atoms with Crippen LogP contribution >= 0.6 is 0 Å². The molecule has 3 saturated heterocycles. The highest BCUT2D eigenvalue weighted by Crippen LogP contribution is 2.44. The Balaban J connectivity index is 1.19. The zero-order valence-electron chi connectivity index (χ0n) is 21.8. The standard InChI is InChI=1S/C31H42N4/c1-22(2)24-8-10-25(11-9-24)31(14-17-32-18-15-31)16-19-34-26-12-13-27(34)21-28(20-26)35-23(3)33-29-6-4-5-7-30(29)35/h4-11,22,26-28,32H,12-21H2,1-3H3/t26-,27+,28+. The Morgan fingerprint density at radius 3 is 2.31 bits per heavy atom. The molecule has 0 spiro atoms. The number of nitrogens with one attached hydrogen (secondary N) is 1. The van der Waals surface area contributed by atoms with E-state index in [1.165, 1.54) is 68.4 Å². The maximum atomic E-state index is 4.88. The minimum absolute atomic E-state index is 0.328. The smallest absolute Gasteiger partial charge is 0.106 e. The van der Waals surface area contributed by atoms with Crippen LogP contribution in [0.2, 0.25) is 0 Å². The topological polar surface area (TPSA) is 33.1 Å². The number of para-hydroxylation sites is 2. The van der Waals surface area contributed by atoms with Gasteiger partial charge in [-0.05, 0) is 106 Å². The maximum absolute atomic E-state index is 4.88. The molecule has 4 heterocycles. The average molecular weight is 471 g/mol. The van der Waals surface area contributed by atoms with Crippen LogP contribution in [-0.4, -0.2) is 46.2 Å². The molecule has 0 amide bonds. The highest BCUT2D eigenvalue weighted by molar-refractivity contribution is 5.76. The minimum atomic E-state index is 0.328. The molecule has 1 aromatic heterocycles. The van der Waals surface area contributed by atoms with Crippen molar-refractivity contribution in [2.24, 2.45) is 0 Å². The number of fused-ring (bicyclic) bond motifs is 3. The molecule has 0 saturated carbocycles. The van der Waals surface area contributed by atoms with Gasteiger partial charge < -0.3 is 9.88 Å². The number of imidazole rings is 1. The van der Waals surface area contributed by atoms with Gasteiger partial charge in [-0.25, -0.2) is 4.98 Å². The first-order valence-corrected chi connectivity index (χ1v) is 14.0. The summed E-state index contributed by atoms with van der Waals surface area (Å²) >= 11 is 0. The normalized spacial score (nSPS) is 26.6. The predicted molar refractivity (Wildman–Crippen MR) is 145 cm³/mol. The summed E-state index contributed by atoms with van der Waals surface area (Å²) < 4.78 is 2.56. The molecule has 0 unspecified atom stereocenters. The second-order valence-corrected chi connectivity index (χ2v) is 11.8. The van der Waals surface area contributed by atoms with Crippen molar-refractivity contribution < 1.29 is 0 Å².